The smallest absolute Gasteiger partial charge is 0.199 e. The molecule has 66 valence electrons. The molecule has 0 bridgehead atoms. The van der Waals surface area contributed by atoms with Crippen molar-refractivity contribution in [3.8, 4) is 0 Å². The maximum absolute atomic E-state index is 10.3. The summed E-state index contributed by atoms with van der Waals surface area (Å²) < 4.78 is 4.77. The van der Waals surface area contributed by atoms with Crippen LogP contribution in [0.15, 0.2) is 28.8 Å². The summed E-state index contributed by atoms with van der Waals surface area (Å²) in [4.78, 5) is 10.3. The Labute approximate surface area is 75.7 Å². The third-order valence-electron chi connectivity index (χ3n) is 1.94. The molecule has 0 spiro atoms. The Hall–Kier alpha value is -1.64. The van der Waals surface area contributed by atoms with Gasteiger partial charge in [-0.05, 0) is 18.4 Å². The van der Waals surface area contributed by atoms with E-state index >= 15 is 0 Å². The molecule has 1 aromatic rings. The summed E-state index contributed by atoms with van der Waals surface area (Å²) in [6.45, 7) is 0. The van der Waals surface area contributed by atoms with Crippen LogP contribution in [0.25, 0.3) is 5.57 Å². The Bertz CT molecular complexity index is 374. The van der Waals surface area contributed by atoms with Crippen molar-refractivity contribution in [2.24, 2.45) is 0 Å². The lowest BCUT2D eigenvalue weighted by Gasteiger charge is -2.01. The first kappa shape index (κ1) is 7.98. The molecule has 1 heterocycles. The quantitative estimate of drug-likeness (QED) is 0.647. The highest BCUT2D eigenvalue weighted by atomic mass is 16.5. The van der Waals surface area contributed by atoms with E-state index in [9.17, 15) is 4.79 Å². The van der Waals surface area contributed by atoms with Gasteiger partial charge < -0.3 is 4.52 Å². The zero-order chi connectivity index (χ0) is 9.10. The summed E-state index contributed by atoms with van der Waals surface area (Å²) in [6.07, 6.45) is 8.92. The van der Waals surface area contributed by atoms with Crippen LogP contribution >= 0.6 is 0 Å². The van der Waals surface area contributed by atoms with Crippen molar-refractivity contribution in [3.63, 3.8) is 0 Å². The maximum atomic E-state index is 10.3. The molecule has 0 aromatic carbocycles. The van der Waals surface area contributed by atoms with Crippen molar-refractivity contribution >= 4 is 11.9 Å². The molecule has 1 aromatic heterocycles. The van der Waals surface area contributed by atoms with Crippen LogP contribution in [-0.2, 0) is 0 Å². The molecule has 0 atom stereocenters. The summed E-state index contributed by atoms with van der Waals surface area (Å²) in [5, 5.41) is 3.78. The average Bonchev–Trinajstić information content (AvgIpc) is 2.67. The van der Waals surface area contributed by atoms with Crippen LogP contribution in [0.1, 0.15) is 29.1 Å². The molecule has 1 aliphatic carbocycles. The number of rotatable bonds is 2. The minimum absolute atomic E-state index is 0.273. The fourth-order valence-electron chi connectivity index (χ4n) is 1.28. The molecular formula is C10H9NO2. The summed E-state index contributed by atoms with van der Waals surface area (Å²) in [5.74, 6) is 0.273. The second-order valence-electron chi connectivity index (χ2n) is 2.87. The Kier molecular flexibility index (Phi) is 2.08. The first-order chi connectivity index (χ1) is 6.40. The average molecular weight is 175 g/mol. The third kappa shape index (κ3) is 1.59. The van der Waals surface area contributed by atoms with Crippen molar-refractivity contribution in [1.82, 2.24) is 5.16 Å². The molecule has 2 rings (SSSR count). The molecule has 0 unspecified atom stereocenters. The highest BCUT2D eigenvalue weighted by Crippen LogP contribution is 2.20. The zero-order valence-electron chi connectivity index (χ0n) is 7.06. The van der Waals surface area contributed by atoms with Gasteiger partial charge in [0.1, 0.15) is 5.69 Å². The third-order valence-corrected chi connectivity index (χ3v) is 1.94. The Morgan fingerprint density at radius 2 is 2.38 bits per heavy atom. The first-order valence-electron chi connectivity index (χ1n) is 4.19. The number of nitrogens with zero attached hydrogens (tertiary/aromatic N) is 1. The van der Waals surface area contributed by atoms with E-state index in [0.29, 0.717) is 6.29 Å². The molecule has 3 heteroatoms. The number of carbonyl (C=O) groups is 1. The predicted molar refractivity (Wildman–Crippen MR) is 48.2 cm³/mol. The predicted octanol–water partition coefficient (Wildman–Crippen LogP) is 2.22. The molecule has 0 N–H and O–H groups in total. The molecule has 0 fully saturated rings. The second kappa shape index (κ2) is 3.39. The zero-order valence-corrected chi connectivity index (χ0v) is 7.06. The Balaban J connectivity index is 2.29. The topological polar surface area (TPSA) is 43.1 Å². The lowest BCUT2D eigenvalue weighted by atomic mass is 10.0. The number of allylic oxidation sites excluding steroid dienone is 4. The molecule has 0 radical (unpaired) electrons. The second-order valence-corrected chi connectivity index (χ2v) is 2.87. The van der Waals surface area contributed by atoms with Crippen LogP contribution in [0.5, 0.6) is 0 Å². The van der Waals surface area contributed by atoms with Crippen molar-refractivity contribution in [1.29, 1.82) is 0 Å². The van der Waals surface area contributed by atoms with Crippen molar-refractivity contribution in [2.45, 2.75) is 12.8 Å². The normalized spacial score (nSPS) is 15.5. The minimum Gasteiger partial charge on any atom is -0.353 e. The number of hydrogen-bond acceptors (Lipinski definition) is 3. The highest BCUT2D eigenvalue weighted by Gasteiger charge is 2.07. The van der Waals surface area contributed by atoms with Gasteiger partial charge in [-0.2, -0.15) is 0 Å². The van der Waals surface area contributed by atoms with Crippen LogP contribution in [0.4, 0.5) is 0 Å². The van der Waals surface area contributed by atoms with E-state index in [1.807, 2.05) is 6.08 Å². The Morgan fingerprint density at radius 3 is 3.00 bits per heavy atom. The van der Waals surface area contributed by atoms with E-state index < -0.39 is 0 Å². The molecule has 13 heavy (non-hydrogen) atoms. The van der Waals surface area contributed by atoms with Crippen LogP contribution in [0, 0.1) is 0 Å². The van der Waals surface area contributed by atoms with Crippen molar-refractivity contribution in [3.05, 3.63) is 35.7 Å². The molecular weight excluding hydrogens is 166 g/mol. The fraction of sp³-hybridized carbons (Fsp3) is 0.200. The molecule has 0 amide bonds. The largest absolute Gasteiger partial charge is 0.353 e. The number of aldehydes is 1. The van der Waals surface area contributed by atoms with Gasteiger partial charge in [-0.3, -0.25) is 4.79 Å². The Morgan fingerprint density at radius 1 is 1.46 bits per heavy atom. The van der Waals surface area contributed by atoms with E-state index in [2.05, 4.69) is 17.3 Å². The van der Waals surface area contributed by atoms with Gasteiger partial charge in [-0.1, -0.05) is 23.4 Å². The SMILES string of the molecule is O=Cc1cc(C2=CCCC=C2)no1. The summed E-state index contributed by atoms with van der Waals surface area (Å²) >= 11 is 0. The van der Waals surface area contributed by atoms with Crippen molar-refractivity contribution in [2.75, 3.05) is 0 Å². The van der Waals surface area contributed by atoms with E-state index in [4.69, 9.17) is 4.52 Å². The van der Waals surface area contributed by atoms with Gasteiger partial charge in [-0.25, -0.2) is 0 Å². The van der Waals surface area contributed by atoms with Gasteiger partial charge in [-0.15, -0.1) is 0 Å². The number of carbonyl (C=O) groups excluding carboxylic acids is 1. The standard InChI is InChI=1S/C10H9NO2/c12-7-9-6-10(11-13-9)8-4-2-1-3-5-8/h2,4-7H,1,3H2. The summed E-state index contributed by atoms with van der Waals surface area (Å²) in [5.41, 5.74) is 1.76. The van der Waals surface area contributed by atoms with Crippen LogP contribution in [0.2, 0.25) is 0 Å². The van der Waals surface area contributed by atoms with Gasteiger partial charge in [0, 0.05) is 6.07 Å². The monoisotopic (exact) mass is 175 g/mol. The molecule has 1 aliphatic rings. The molecule has 0 saturated heterocycles. The van der Waals surface area contributed by atoms with E-state index in [1.165, 1.54) is 0 Å². The van der Waals surface area contributed by atoms with Gasteiger partial charge >= 0.3 is 0 Å². The van der Waals surface area contributed by atoms with Crippen LogP contribution < -0.4 is 0 Å². The van der Waals surface area contributed by atoms with Crippen molar-refractivity contribution < 1.29 is 9.32 Å². The minimum atomic E-state index is 0.273. The lowest BCUT2D eigenvalue weighted by molar-refractivity contribution is 0.109. The van der Waals surface area contributed by atoms with E-state index in [-0.39, 0.29) is 5.76 Å². The van der Waals surface area contributed by atoms with Gasteiger partial charge in [0.05, 0.1) is 0 Å². The number of hydrogen-bond donors (Lipinski definition) is 0. The number of aromatic nitrogens is 1. The molecule has 3 nitrogen and oxygen atoms in total. The van der Waals surface area contributed by atoms with E-state index in [1.54, 1.807) is 6.07 Å². The van der Waals surface area contributed by atoms with Gasteiger partial charge in [0.15, 0.2) is 12.0 Å². The maximum Gasteiger partial charge on any atom is 0.199 e. The van der Waals surface area contributed by atoms with Gasteiger partial charge in [0.25, 0.3) is 0 Å². The highest BCUT2D eigenvalue weighted by molar-refractivity contribution is 5.77. The summed E-state index contributed by atoms with van der Waals surface area (Å²) in [6, 6.07) is 1.65. The van der Waals surface area contributed by atoms with Crippen LogP contribution in [-0.4, -0.2) is 11.4 Å². The van der Waals surface area contributed by atoms with Crippen LogP contribution in [0.3, 0.4) is 0 Å². The molecule has 0 aliphatic heterocycles. The lowest BCUT2D eigenvalue weighted by Crippen LogP contribution is -1.84. The first-order valence-corrected chi connectivity index (χ1v) is 4.19. The van der Waals surface area contributed by atoms with Gasteiger partial charge in [0.2, 0.25) is 0 Å². The van der Waals surface area contributed by atoms with E-state index in [0.717, 1.165) is 24.1 Å². The fourth-order valence-corrected chi connectivity index (χ4v) is 1.28. The summed E-state index contributed by atoms with van der Waals surface area (Å²) in [7, 11) is 0. The molecule has 0 saturated carbocycles.